The summed E-state index contributed by atoms with van der Waals surface area (Å²) in [6, 6.07) is 4.04. The summed E-state index contributed by atoms with van der Waals surface area (Å²) in [4.78, 5) is 4.36. The van der Waals surface area contributed by atoms with E-state index in [0.29, 0.717) is 0 Å². The molecular weight excluding hydrogens is 220 g/mol. The van der Waals surface area contributed by atoms with Crippen LogP contribution in [-0.2, 0) is 6.54 Å². The van der Waals surface area contributed by atoms with E-state index in [0.717, 1.165) is 24.5 Å². The van der Waals surface area contributed by atoms with Gasteiger partial charge in [0, 0.05) is 18.0 Å². The molecule has 1 aromatic rings. The van der Waals surface area contributed by atoms with E-state index in [-0.39, 0.29) is 11.9 Å². The van der Waals surface area contributed by atoms with Crippen LogP contribution < -0.4 is 5.32 Å². The highest BCUT2D eigenvalue weighted by atomic mass is 32.2. The van der Waals surface area contributed by atoms with Crippen molar-refractivity contribution < 1.29 is 5.11 Å². The monoisotopic (exact) mass is 240 g/mol. The Morgan fingerprint density at radius 3 is 3.06 bits per heavy atom. The van der Waals surface area contributed by atoms with Crippen LogP contribution in [0.2, 0.25) is 0 Å². The van der Waals surface area contributed by atoms with Gasteiger partial charge in [0.2, 0.25) is 0 Å². The average Bonchev–Trinajstić information content (AvgIpc) is 2.31. The zero-order valence-electron chi connectivity index (χ0n) is 9.94. The van der Waals surface area contributed by atoms with Gasteiger partial charge in [-0.25, -0.2) is 4.98 Å². The predicted octanol–water partition coefficient (Wildman–Crippen LogP) is 2.05. The summed E-state index contributed by atoms with van der Waals surface area (Å²) in [7, 11) is 0. The summed E-state index contributed by atoms with van der Waals surface area (Å²) in [5, 5.41) is 13.6. The van der Waals surface area contributed by atoms with Gasteiger partial charge in [-0.05, 0) is 24.6 Å². The number of pyridine rings is 1. The second kappa shape index (κ2) is 7.65. The van der Waals surface area contributed by atoms with E-state index in [1.165, 1.54) is 5.56 Å². The maximum atomic E-state index is 9.04. The third-order valence-corrected chi connectivity index (χ3v) is 3.30. The Labute approximate surface area is 102 Å². The van der Waals surface area contributed by atoms with Crippen molar-refractivity contribution in [3.63, 3.8) is 0 Å². The summed E-state index contributed by atoms with van der Waals surface area (Å²) in [6.07, 6.45) is 2.94. The Balaban J connectivity index is 2.60. The summed E-state index contributed by atoms with van der Waals surface area (Å²) < 4.78 is 0. The first-order valence-electron chi connectivity index (χ1n) is 5.70. The lowest BCUT2D eigenvalue weighted by molar-refractivity contribution is 0.300. The van der Waals surface area contributed by atoms with Gasteiger partial charge >= 0.3 is 0 Å². The number of nitrogens with one attached hydrogen (secondary N) is 1. The third kappa shape index (κ3) is 4.51. The molecule has 4 heteroatoms. The number of hydrogen-bond acceptors (Lipinski definition) is 4. The van der Waals surface area contributed by atoms with Crippen LogP contribution in [0.5, 0.6) is 0 Å². The fraction of sp³-hybridized carbons (Fsp3) is 0.583. The molecule has 0 saturated heterocycles. The van der Waals surface area contributed by atoms with Crippen molar-refractivity contribution in [3.8, 4) is 0 Å². The van der Waals surface area contributed by atoms with Crippen molar-refractivity contribution in [3.05, 3.63) is 23.9 Å². The van der Waals surface area contributed by atoms with Crippen molar-refractivity contribution in [1.82, 2.24) is 10.3 Å². The van der Waals surface area contributed by atoms with E-state index < -0.39 is 0 Å². The molecule has 3 nitrogen and oxygen atoms in total. The molecule has 1 unspecified atom stereocenters. The van der Waals surface area contributed by atoms with Crippen LogP contribution in [0.25, 0.3) is 0 Å². The highest BCUT2D eigenvalue weighted by molar-refractivity contribution is 7.99. The number of hydrogen-bond donors (Lipinski definition) is 2. The minimum atomic E-state index is 0.184. The lowest BCUT2D eigenvalue weighted by Crippen LogP contribution is -2.15. The van der Waals surface area contributed by atoms with Crippen LogP contribution in [0.1, 0.15) is 25.8 Å². The number of rotatable bonds is 7. The standard InChI is InChI=1S/C12H20N2OS/c1-3-6-13-8-11-5-4-7-14-12(11)16-10(2)9-15/h4-5,7,10,13,15H,3,6,8-9H2,1-2H3. The van der Waals surface area contributed by atoms with Gasteiger partial charge in [-0.3, -0.25) is 0 Å². The fourth-order valence-electron chi connectivity index (χ4n) is 1.29. The number of aromatic nitrogens is 1. The minimum absolute atomic E-state index is 0.184. The SMILES string of the molecule is CCCNCc1cccnc1SC(C)CO. The molecule has 1 aromatic heterocycles. The Morgan fingerprint density at radius 2 is 2.38 bits per heavy atom. The van der Waals surface area contributed by atoms with Gasteiger partial charge in [-0.1, -0.05) is 19.9 Å². The topological polar surface area (TPSA) is 45.2 Å². The normalized spacial score (nSPS) is 12.7. The Kier molecular flexibility index (Phi) is 6.45. The van der Waals surface area contributed by atoms with Gasteiger partial charge in [0.1, 0.15) is 5.03 Å². The quantitative estimate of drug-likeness (QED) is 0.565. The van der Waals surface area contributed by atoms with Crippen LogP contribution in [0, 0.1) is 0 Å². The molecule has 0 amide bonds. The number of aliphatic hydroxyl groups excluding tert-OH is 1. The Hall–Kier alpha value is -0.580. The molecule has 1 rings (SSSR count). The molecule has 90 valence electrons. The summed E-state index contributed by atoms with van der Waals surface area (Å²) >= 11 is 1.63. The van der Waals surface area contributed by atoms with Gasteiger partial charge < -0.3 is 10.4 Å². The van der Waals surface area contributed by atoms with E-state index in [1.54, 1.807) is 18.0 Å². The van der Waals surface area contributed by atoms with Gasteiger partial charge in [0.05, 0.1) is 6.61 Å². The summed E-state index contributed by atoms with van der Waals surface area (Å²) in [5.41, 5.74) is 1.21. The molecule has 2 N–H and O–H groups in total. The molecule has 0 aromatic carbocycles. The van der Waals surface area contributed by atoms with Crippen LogP contribution in [0.15, 0.2) is 23.4 Å². The third-order valence-electron chi connectivity index (χ3n) is 2.16. The zero-order valence-corrected chi connectivity index (χ0v) is 10.8. The van der Waals surface area contributed by atoms with Gasteiger partial charge in [-0.15, -0.1) is 11.8 Å². The highest BCUT2D eigenvalue weighted by Crippen LogP contribution is 2.24. The maximum absolute atomic E-state index is 9.04. The van der Waals surface area contributed by atoms with Crippen LogP contribution >= 0.6 is 11.8 Å². The molecular formula is C12H20N2OS. The maximum Gasteiger partial charge on any atom is 0.101 e. The first-order valence-corrected chi connectivity index (χ1v) is 6.58. The molecule has 0 aliphatic heterocycles. The van der Waals surface area contributed by atoms with Crippen molar-refractivity contribution >= 4 is 11.8 Å². The molecule has 0 spiro atoms. The van der Waals surface area contributed by atoms with E-state index >= 15 is 0 Å². The van der Waals surface area contributed by atoms with E-state index in [1.807, 2.05) is 13.0 Å². The van der Waals surface area contributed by atoms with Gasteiger partial charge in [0.15, 0.2) is 0 Å². The Morgan fingerprint density at radius 1 is 1.56 bits per heavy atom. The van der Waals surface area contributed by atoms with Crippen LogP contribution in [-0.4, -0.2) is 28.5 Å². The van der Waals surface area contributed by atoms with Crippen LogP contribution in [0.3, 0.4) is 0 Å². The fourth-order valence-corrected chi connectivity index (χ4v) is 2.16. The molecule has 0 aliphatic carbocycles. The molecule has 0 aliphatic rings. The van der Waals surface area contributed by atoms with Crippen molar-refractivity contribution in [2.24, 2.45) is 0 Å². The smallest absolute Gasteiger partial charge is 0.101 e. The molecule has 0 radical (unpaired) electrons. The molecule has 0 saturated carbocycles. The van der Waals surface area contributed by atoms with E-state index in [4.69, 9.17) is 5.11 Å². The van der Waals surface area contributed by atoms with E-state index in [9.17, 15) is 0 Å². The first kappa shape index (κ1) is 13.5. The lowest BCUT2D eigenvalue weighted by atomic mass is 10.3. The van der Waals surface area contributed by atoms with Crippen molar-refractivity contribution in [1.29, 1.82) is 0 Å². The molecule has 0 fully saturated rings. The molecule has 1 atom stereocenters. The number of thioether (sulfide) groups is 1. The lowest BCUT2D eigenvalue weighted by Gasteiger charge is -2.11. The Bertz CT molecular complexity index is 307. The molecule has 1 heterocycles. The van der Waals surface area contributed by atoms with Crippen molar-refractivity contribution in [2.75, 3.05) is 13.2 Å². The second-order valence-corrected chi connectivity index (χ2v) is 5.18. The minimum Gasteiger partial charge on any atom is -0.395 e. The first-order chi connectivity index (χ1) is 7.77. The van der Waals surface area contributed by atoms with Gasteiger partial charge in [-0.2, -0.15) is 0 Å². The number of nitrogens with zero attached hydrogens (tertiary/aromatic N) is 1. The predicted molar refractivity (Wildman–Crippen MR) is 68.6 cm³/mol. The highest BCUT2D eigenvalue weighted by Gasteiger charge is 2.08. The second-order valence-electron chi connectivity index (χ2n) is 3.76. The van der Waals surface area contributed by atoms with Crippen LogP contribution in [0.4, 0.5) is 0 Å². The largest absolute Gasteiger partial charge is 0.395 e. The molecule has 16 heavy (non-hydrogen) atoms. The summed E-state index contributed by atoms with van der Waals surface area (Å²) in [6.45, 7) is 6.21. The van der Waals surface area contributed by atoms with Gasteiger partial charge in [0.25, 0.3) is 0 Å². The molecule has 0 bridgehead atoms. The zero-order chi connectivity index (χ0) is 11.8. The number of aliphatic hydroxyl groups is 1. The van der Waals surface area contributed by atoms with Crippen molar-refractivity contribution in [2.45, 2.75) is 37.1 Å². The average molecular weight is 240 g/mol. The van der Waals surface area contributed by atoms with E-state index in [2.05, 4.69) is 23.3 Å². The summed E-state index contributed by atoms with van der Waals surface area (Å²) in [5.74, 6) is 0.